The molecule has 0 N–H and O–H groups in total. The number of carbonyl (C=O) groups excluding carboxylic acids is 1. The molecular weight excluding hydrogens is 224 g/mol. The van der Waals surface area contributed by atoms with Gasteiger partial charge >= 0.3 is 0 Å². The van der Waals surface area contributed by atoms with Gasteiger partial charge in [0.2, 0.25) is 0 Å². The molecule has 0 saturated carbocycles. The first-order valence-electron chi connectivity index (χ1n) is 3.12. The Morgan fingerprint density at radius 3 is 3.00 bits per heavy atom. The van der Waals surface area contributed by atoms with E-state index in [1.165, 1.54) is 11.3 Å². The number of carbonyl (C=O) groups is 1. The summed E-state index contributed by atoms with van der Waals surface area (Å²) in [6.45, 7) is 3.51. The summed E-state index contributed by atoms with van der Waals surface area (Å²) in [5.41, 5.74) is 0. The number of Topliss-reactive ketones (excluding diaryl/α,β-unsaturated/α-hetero) is 1. The molecule has 58 valence electrons. The highest BCUT2D eigenvalue weighted by molar-refractivity contribution is 9.10. The number of rotatable bonds is 3. The van der Waals surface area contributed by atoms with Gasteiger partial charge in [-0.25, -0.2) is 0 Å². The predicted octanol–water partition coefficient (Wildman–Crippen LogP) is 3.27. The minimum atomic E-state index is 0.127. The summed E-state index contributed by atoms with van der Waals surface area (Å²) in [6.07, 6.45) is 2.04. The van der Waals surface area contributed by atoms with Crippen LogP contribution in [0.1, 0.15) is 16.1 Å². The van der Waals surface area contributed by atoms with Gasteiger partial charge in [0.15, 0.2) is 5.78 Å². The molecule has 0 amide bonds. The van der Waals surface area contributed by atoms with Crippen molar-refractivity contribution in [3.8, 4) is 0 Å². The van der Waals surface area contributed by atoms with Crippen LogP contribution < -0.4 is 0 Å². The molecule has 0 atom stereocenters. The zero-order valence-electron chi connectivity index (χ0n) is 5.84. The summed E-state index contributed by atoms with van der Waals surface area (Å²) in [6, 6.07) is 1.88. The van der Waals surface area contributed by atoms with E-state index in [9.17, 15) is 4.79 Å². The first-order chi connectivity index (χ1) is 5.25. The van der Waals surface area contributed by atoms with Crippen LogP contribution in [0.15, 0.2) is 28.6 Å². The van der Waals surface area contributed by atoms with Crippen LogP contribution >= 0.6 is 27.3 Å². The van der Waals surface area contributed by atoms with Crippen molar-refractivity contribution in [1.82, 2.24) is 0 Å². The zero-order chi connectivity index (χ0) is 8.27. The van der Waals surface area contributed by atoms with Crippen LogP contribution in [0.2, 0.25) is 0 Å². The highest BCUT2D eigenvalue weighted by Crippen LogP contribution is 2.23. The fourth-order valence-electron chi connectivity index (χ4n) is 0.716. The summed E-state index contributed by atoms with van der Waals surface area (Å²) in [4.78, 5) is 12.0. The second-order valence-corrected chi connectivity index (χ2v) is 3.78. The first-order valence-corrected chi connectivity index (χ1v) is 4.80. The Balaban J connectivity index is 2.83. The predicted molar refractivity (Wildman–Crippen MR) is 51.2 cm³/mol. The topological polar surface area (TPSA) is 17.1 Å². The maximum absolute atomic E-state index is 11.2. The first kappa shape index (κ1) is 8.68. The lowest BCUT2D eigenvalue weighted by molar-refractivity contribution is 0.0999. The number of ketones is 1. The van der Waals surface area contributed by atoms with Gasteiger partial charge in [-0.1, -0.05) is 6.08 Å². The van der Waals surface area contributed by atoms with Crippen molar-refractivity contribution in [3.63, 3.8) is 0 Å². The monoisotopic (exact) mass is 230 g/mol. The second-order valence-electron chi connectivity index (χ2n) is 2.01. The molecule has 0 fully saturated rings. The standard InChI is InChI=1S/C8H7BrOS/c1-2-3-7(10)8-6(9)4-5-11-8/h2,4-5H,1,3H2. The van der Waals surface area contributed by atoms with E-state index in [0.717, 1.165) is 9.35 Å². The molecule has 0 spiro atoms. The maximum Gasteiger partial charge on any atom is 0.177 e. The van der Waals surface area contributed by atoms with Crippen molar-refractivity contribution in [2.75, 3.05) is 0 Å². The van der Waals surface area contributed by atoms with Gasteiger partial charge in [0.05, 0.1) is 4.88 Å². The van der Waals surface area contributed by atoms with E-state index in [1.54, 1.807) is 6.08 Å². The van der Waals surface area contributed by atoms with E-state index in [-0.39, 0.29) is 5.78 Å². The van der Waals surface area contributed by atoms with Crippen molar-refractivity contribution < 1.29 is 4.79 Å². The Morgan fingerprint density at radius 1 is 1.82 bits per heavy atom. The summed E-state index contributed by atoms with van der Waals surface area (Å²) in [7, 11) is 0. The smallest absolute Gasteiger partial charge is 0.177 e. The van der Waals surface area contributed by atoms with E-state index < -0.39 is 0 Å². The van der Waals surface area contributed by atoms with E-state index in [2.05, 4.69) is 22.5 Å². The molecule has 0 aliphatic rings. The molecule has 0 radical (unpaired) electrons. The van der Waals surface area contributed by atoms with Gasteiger partial charge in [0, 0.05) is 10.9 Å². The lowest BCUT2D eigenvalue weighted by Crippen LogP contribution is -1.93. The molecule has 1 rings (SSSR count). The Hall–Kier alpha value is -0.410. The molecule has 0 unspecified atom stereocenters. The third-order valence-electron chi connectivity index (χ3n) is 1.20. The van der Waals surface area contributed by atoms with Crippen molar-refractivity contribution >= 4 is 33.0 Å². The van der Waals surface area contributed by atoms with Crippen molar-refractivity contribution in [1.29, 1.82) is 0 Å². The third-order valence-corrected chi connectivity index (χ3v) is 3.08. The molecule has 1 aromatic rings. The number of hydrogen-bond acceptors (Lipinski definition) is 2. The molecule has 0 aliphatic heterocycles. The van der Waals surface area contributed by atoms with E-state index in [0.29, 0.717) is 6.42 Å². The van der Waals surface area contributed by atoms with E-state index in [4.69, 9.17) is 0 Å². The average Bonchev–Trinajstić information content (AvgIpc) is 2.36. The van der Waals surface area contributed by atoms with Crippen LogP contribution in [0.4, 0.5) is 0 Å². The van der Waals surface area contributed by atoms with Crippen LogP contribution in [0, 0.1) is 0 Å². The Kier molecular flexibility index (Phi) is 3.02. The normalized spacial score (nSPS) is 9.55. The molecule has 1 heterocycles. The largest absolute Gasteiger partial charge is 0.293 e. The highest BCUT2D eigenvalue weighted by Gasteiger charge is 2.08. The SMILES string of the molecule is C=CCC(=O)c1sccc1Br. The third kappa shape index (κ3) is 2.01. The van der Waals surface area contributed by atoms with E-state index in [1.807, 2.05) is 11.4 Å². The van der Waals surface area contributed by atoms with Crippen LogP contribution in [-0.4, -0.2) is 5.78 Å². The Labute approximate surface area is 77.9 Å². The summed E-state index contributed by atoms with van der Waals surface area (Å²) in [5.74, 6) is 0.127. The van der Waals surface area contributed by atoms with Gasteiger partial charge in [0.25, 0.3) is 0 Å². The molecule has 11 heavy (non-hydrogen) atoms. The Bertz CT molecular complexity index is 277. The average molecular weight is 231 g/mol. The van der Waals surface area contributed by atoms with Crippen molar-refractivity contribution in [2.24, 2.45) is 0 Å². The van der Waals surface area contributed by atoms with Gasteiger partial charge in [0.1, 0.15) is 0 Å². The molecule has 0 aliphatic carbocycles. The number of thiophene rings is 1. The quantitative estimate of drug-likeness (QED) is 0.576. The molecule has 0 aromatic carbocycles. The molecule has 0 saturated heterocycles. The fraction of sp³-hybridized carbons (Fsp3) is 0.125. The van der Waals surface area contributed by atoms with Gasteiger partial charge < -0.3 is 0 Å². The van der Waals surface area contributed by atoms with E-state index >= 15 is 0 Å². The van der Waals surface area contributed by atoms with Crippen molar-refractivity contribution in [3.05, 3.63) is 33.5 Å². The minimum Gasteiger partial charge on any atom is -0.293 e. The number of allylic oxidation sites excluding steroid dienone is 1. The van der Waals surface area contributed by atoms with Gasteiger partial charge in [-0.05, 0) is 27.4 Å². The van der Waals surface area contributed by atoms with Gasteiger partial charge in [-0.2, -0.15) is 0 Å². The van der Waals surface area contributed by atoms with Gasteiger partial charge in [-0.3, -0.25) is 4.79 Å². The van der Waals surface area contributed by atoms with Crippen LogP contribution in [-0.2, 0) is 0 Å². The second kappa shape index (κ2) is 3.83. The summed E-state index contributed by atoms with van der Waals surface area (Å²) >= 11 is 4.75. The maximum atomic E-state index is 11.2. The molecule has 1 nitrogen and oxygen atoms in total. The minimum absolute atomic E-state index is 0.127. The van der Waals surface area contributed by atoms with Crippen LogP contribution in [0.25, 0.3) is 0 Å². The van der Waals surface area contributed by atoms with Gasteiger partial charge in [-0.15, -0.1) is 17.9 Å². The molecule has 1 aromatic heterocycles. The number of halogens is 1. The fourth-order valence-corrected chi connectivity index (χ4v) is 2.26. The summed E-state index contributed by atoms with van der Waals surface area (Å²) < 4.78 is 0.884. The lowest BCUT2D eigenvalue weighted by atomic mass is 10.2. The van der Waals surface area contributed by atoms with Crippen LogP contribution in [0.3, 0.4) is 0 Å². The number of hydrogen-bond donors (Lipinski definition) is 0. The molecule has 0 bridgehead atoms. The lowest BCUT2D eigenvalue weighted by Gasteiger charge is -1.91. The highest BCUT2D eigenvalue weighted by atomic mass is 79.9. The molecule has 3 heteroatoms. The Morgan fingerprint density at radius 2 is 2.55 bits per heavy atom. The zero-order valence-corrected chi connectivity index (χ0v) is 8.24. The van der Waals surface area contributed by atoms with Crippen LogP contribution in [0.5, 0.6) is 0 Å². The molecular formula is C8H7BrOS. The summed E-state index contributed by atoms with van der Waals surface area (Å²) in [5, 5.41) is 1.89. The van der Waals surface area contributed by atoms with Crippen molar-refractivity contribution in [2.45, 2.75) is 6.42 Å².